The molecule has 0 saturated heterocycles. The van der Waals surface area contributed by atoms with Gasteiger partial charge in [-0.25, -0.2) is 4.98 Å². The third-order valence-corrected chi connectivity index (χ3v) is 5.36. The molecule has 0 aliphatic carbocycles. The zero-order valence-electron chi connectivity index (χ0n) is 19.2. The third kappa shape index (κ3) is 4.40. The molecule has 0 fully saturated rings. The van der Waals surface area contributed by atoms with Crippen LogP contribution in [0.5, 0.6) is 28.7 Å². The van der Waals surface area contributed by atoms with Crippen LogP contribution in [0.3, 0.4) is 0 Å². The molecule has 0 spiro atoms. The monoisotopic (exact) mass is 426 g/mol. The Bertz CT molecular complexity index is 1070. The van der Waals surface area contributed by atoms with Crippen LogP contribution in [0.1, 0.15) is 11.1 Å². The predicted molar refractivity (Wildman–Crippen MR) is 123 cm³/mol. The number of hydrogen-bond donors (Lipinski definition) is 0. The van der Waals surface area contributed by atoms with Crippen molar-refractivity contribution in [2.24, 2.45) is 0 Å². The van der Waals surface area contributed by atoms with Gasteiger partial charge in [-0.1, -0.05) is 6.07 Å². The van der Waals surface area contributed by atoms with Gasteiger partial charge in [0, 0.05) is 25.0 Å². The topological polar surface area (TPSA) is 62.3 Å². The average molecular weight is 427 g/mol. The summed E-state index contributed by atoms with van der Waals surface area (Å²) < 4.78 is 27.4. The van der Waals surface area contributed by atoms with Crippen molar-refractivity contribution < 1.29 is 23.7 Å². The number of aromatic nitrogens is 1. The second-order valence-corrected chi connectivity index (χ2v) is 7.20. The lowest BCUT2D eigenvalue weighted by Crippen LogP contribution is -2.21. The Kier molecular flexibility index (Phi) is 6.95. The molecule has 1 heterocycles. The van der Waals surface area contributed by atoms with E-state index >= 15 is 0 Å². The Morgan fingerprint density at radius 3 is 2.06 bits per heavy atom. The molecule has 7 heteroatoms. The molecule has 0 aliphatic rings. The van der Waals surface area contributed by atoms with Crippen molar-refractivity contribution in [3.63, 3.8) is 0 Å². The molecule has 0 saturated carbocycles. The van der Waals surface area contributed by atoms with Crippen LogP contribution >= 0.6 is 0 Å². The minimum atomic E-state index is 0.567. The highest BCUT2D eigenvalue weighted by Gasteiger charge is 2.19. The number of nitrogens with zero attached hydrogens (tertiary/aromatic N) is 2. The molecule has 166 valence electrons. The Balaban J connectivity index is 1.90. The highest BCUT2D eigenvalue weighted by Crippen LogP contribution is 2.44. The van der Waals surface area contributed by atoms with E-state index in [4.69, 9.17) is 28.7 Å². The van der Waals surface area contributed by atoms with Gasteiger partial charge in [0.1, 0.15) is 5.82 Å². The first-order chi connectivity index (χ1) is 15.0. The molecule has 3 aromatic rings. The summed E-state index contributed by atoms with van der Waals surface area (Å²) in [5, 5.41) is 0.914. The third-order valence-electron chi connectivity index (χ3n) is 5.36. The average Bonchev–Trinajstić information content (AvgIpc) is 2.80. The minimum absolute atomic E-state index is 0.567. The summed E-state index contributed by atoms with van der Waals surface area (Å²) >= 11 is 0. The van der Waals surface area contributed by atoms with Crippen molar-refractivity contribution in [1.82, 2.24) is 4.98 Å². The van der Waals surface area contributed by atoms with Gasteiger partial charge in [0.2, 0.25) is 5.75 Å². The van der Waals surface area contributed by atoms with E-state index in [-0.39, 0.29) is 0 Å². The van der Waals surface area contributed by atoms with Gasteiger partial charge in [-0.05, 0) is 42.7 Å². The molecule has 1 aromatic heterocycles. The lowest BCUT2D eigenvalue weighted by Gasteiger charge is -2.21. The predicted octanol–water partition coefficient (Wildman–Crippen LogP) is 4.27. The van der Waals surface area contributed by atoms with Crippen LogP contribution in [-0.2, 0) is 6.42 Å². The van der Waals surface area contributed by atoms with E-state index in [0.29, 0.717) is 17.2 Å². The fourth-order valence-corrected chi connectivity index (χ4v) is 3.68. The van der Waals surface area contributed by atoms with Crippen molar-refractivity contribution in [2.45, 2.75) is 13.3 Å². The fourth-order valence-electron chi connectivity index (χ4n) is 3.68. The molecular formula is C24H30N2O5. The number of anilines is 1. The first kappa shape index (κ1) is 22.3. The standard InChI is InChI=1S/C24H30N2O5/c1-15-12-21(25-17-14-20(29-5)23(30-6)24(31-7)22(15)17)26(2)11-10-16-8-9-18(27-3)19(13-16)28-4/h8-9,12-14H,10-11H2,1-7H3. The zero-order chi connectivity index (χ0) is 22.5. The molecule has 0 N–H and O–H groups in total. The SMILES string of the molecule is COc1ccc(CCN(C)c2cc(C)c3c(OC)c(OC)c(OC)cc3n2)cc1OC. The Labute approximate surface area is 183 Å². The van der Waals surface area contributed by atoms with Crippen molar-refractivity contribution in [2.75, 3.05) is 54.0 Å². The van der Waals surface area contributed by atoms with E-state index in [1.165, 1.54) is 0 Å². The number of hydrogen-bond acceptors (Lipinski definition) is 7. The lowest BCUT2D eigenvalue weighted by molar-refractivity contribution is 0.327. The van der Waals surface area contributed by atoms with E-state index in [2.05, 4.69) is 17.0 Å². The molecule has 2 aromatic carbocycles. The van der Waals surface area contributed by atoms with Crippen LogP contribution in [0.25, 0.3) is 10.9 Å². The van der Waals surface area contributed by atoms with Gasteiger partial charge in [-0.3, -0.25) is 0 Å². The first-order valence-electron chi connectivity index (χ1n) is 9.99. The smallest absolute Gasteiger partial charge is 0.204 e. The van der Waals surface area contributed by atoms with E-state index < -0.39 is 0 Å². The quantitative estimate of drug-likeness (QED) is 0.506. The van der Waals surface area contributed by atoms with Gasteiger partial charge in [0.15, 0.2) is 23.0 Å². The van der Waals surface area contributed by atoms with E-state index in [9.17, 15) is 0 Å². The fraction of sp³-hybridized carbons (Fsp3) is 0.375. The summed E-state index contributed by atoms with van der Waals surface area (Å²) in [7, 11) is 10.2. The molecule has 0 atom stereocenters. The lowest BCUT2D eigenvalue weighted by atomic mass is 10.1. The summed E-state index contributed by atoms with van der Waals surface area (Å²) in [5.74, 6) is 4.11. The maximum atomic E-state index is 5.64. The van der Waals surface area contributed by atoms with Crippen LogP contribution in [0, 0.1) is 6.92 Å². The maximum absolute atomic E-state index is 5.64. The van der Waals surface area contributed by atoms with Crippen LogP contribution in [0.2, 0.25) is 0 Å². The molecule has 31 heavy (non-hydrogen) atoms. The molecular weight excluding hydrogens is 396 g/mol. The Hall–Kier alpha value is -3.35. The maximum Gasteiger partial charge on any atom is 0.204 e. The normalized spacial score (nSPS) is 10.7. The summed E-state index contributed by atoms with van der Waals surface area (Å²) in [4.78, 5) is 7.00. The van der Waals surface area contributed by atoms with Gasteiger partial charge >= 0.3 is 0 Å². The van der Waals surface area contributed by atoms with Crippen LogP contribution in [-0.4, -0.2) is 54.1 Å². The Morgan fingerprint density at radius 2 is 1.45 bits per heavy atom. The molecule has 0 amide bonds. The van der Waals surface area contributed by atoms with Gasteiger partial charge in [0.25, 0.3) is 0 Å². The van der Waals surface area contributed by atoms with Crippen LogP contribution in [0.15, 0.2) is 30.3 Å². The molecule has 0 radical (unpaired) electrons. The number of aryl methyl sites for hydroxylation is 1. The summed E-state index contributed by atoms with van der Waals surface area (Å²) in [6.45, 7) is 2.84. The number of pyridine rings is 1. The summed E-state index contributed by atoms with van der Waals surface area (Å²) in [5.41, 5.74) is 3.01. The molecule has 0 unspecified atom stereocenters. The van der Waals surface area contributed by atoms with Gasteiger partial charge in [-0.15, -0.1) is 0 Å². The van der Waals surface area contributed by atoms with Gasteiger partial charge in [0.05, 0.1) is 41.1 Å². The molecule has 3 rings (SSSR count). The molecule has 0 bridgehead atoms. The number of benzene rings is 2. The number of methoxy groups -OCH3 is 5. The van der Waals surface area contributed by atoms with Crippen molar-refractivity contribution in [3.05, 3.63) is 41.5 Å². The highest BCUT2D eigenvalue weighted by atomic mass is 16.5. The van der Waals surface area contributed by atoms with Crippen molar-refractivity contribution >= 4 is 16.7 Å². The number of ether oxygens (including phenoxy) is 5. The van der Waals surface area contributed by atoms with E-state index in [0.717, 1.165) is 52.3 Å². The molecule has 0 aliphatic heterocycles. The molecule has 7 nitrogen and oxygen atoms in total. The second-order valence-electron chi connectivity index (χ2n) is 7.20. The van der Waals surface area contributed by atoms with Crippen LogP contribution in [0.4, 0.5) is 5.82 Å². The first-order valence-corrected chi connectivity index (χ1v) is 9.99. The minimum Gasteiger partial charge on any atom is -0.493 e. The summed E-state index contributed by atoms with van der Waals surface area (Å²) in [6, 6.07) is 9.93. The van der Waals surface area contributed by atoms with Gasteiger partial charge < -0.3 is 28.6 Å². The van der Waals surface area contributed by atoms with Crippen molar-refractivity contribution in [3.8, 4) is 28.7 Å². The van der Waals surface area contributed by atoms with E-state index in [1.807, 2.05) is 32.2 Å². The van der Waals surface area contributed by atoms with Gasteiger partial charge in [-0.2, -0.15) is 0 Å². The number of rotatable bonds is 9. The number of likely N-dealkylation sites (N-methyl/N-ethyl adjacent to an activating group) is 1. The largest absolute Gasteiger partial charge is 0.493 e. The van der Waals surface area contributed by atoms with Crippen molar-refractivity contribution in [1.29, 1.82) is 0 Å². The second kappa shape index (κ2) is 9.64. The number of fused-ring (bicyclic) bond motifs is 1. The zero-order valence-corrected chi connectivity index (χ0v) is 19.2. The van der Waals surface area contributed by atoms with Crippen LogP contribution < -0.4 is 28.6 Å². The Morgan fingerprint density at radius 1 is 0.774 bits per heavy atom. The summed E-state index contributed by atoms with van der Waals surface area (Å²) in [6.07, 6.45) is 0.838. The highest BCUT2D eigenvalue weighted by molar-refractivity contribution is 5.94. The van der Waals surface area contributed by atoms with E-state index in [1.54, 1.807) is 35.5 Å².